The molecule has 5 rings (SSSR count). The summed E-state index contributed by atoms with van der Waals surface area (Å²) in [7, 11) is 0. The molecule has 2 heterocycles. The van der Waals surface area contributed by atoms with Crippen LogP contribution < -0.4 is 9.64 Å². The van der Waals surface area contributed by atoms with Crippen LogP contribution in [0.2, 0.25) is 10.0 Å². The van der Waals surface area contributed by atoms with Crippen LogP contribution in [0.25, 0.3) is 10.9 Å². The summed E-state index contributed by atoms with van der Waals surface area (Å²) in [6, 6.07) is 26.7. The Kier molecular flexibility index (Phi) is 6.70. The first-order chi connectivity index (χ1) is 16.2. The summed E-state index contributed by atoms with van der Waals surface area (Å²) in [6.45, 7) is 2.47. The third-order valence-electron chi connectivity index (χ3n) is 6.35. The minimum absolute atomic E-state index is 0.410. The van der Waals surface area contributed by atoms with Gasteiger partial charge >= 0.3 is 0 Å². The number of piperidine rings is 1. The van der Waals surface area contributed by atoms with E-state index in [2.05, 4.69) is 53.4 Å². The maximum Gasteiger partial charge on any atom is 0.146 e. The van der Waals surface area contributed by atoms with Gasteiger partial charge in [0.25, 0.3) is 0 Å². The molecule has 0 unspecified atom stereocenters. The highest BCUT2D eigenvalue weighted by Gasteiger charge is 2.21. The normalized spacial score (nSPS) is 14.5. The van der Waals surface area contributed by atoms with E-state index in [0.29, 0.717) is 16.7 Å². The van der Waals surface area contributed by atoms with Gasteiger partial charge in [0.15, 0.2) is 0 Å². The number of anilines is 1. The van der Waals surface area contributed by atoms with E-state index in [-0.39, 0.29) is 0 Å². The number of rotatable bonds is 6. The third-order valence-corrected chi connectivity index (χ3v) is 7.09. The molecule has 0 radical (unpaired) electrons. The minimum atomic E-state index is 0.410. The Bertz CT molecular complexity index is 1240. The molecule has 0 atom stereocenters. The van der Waals surface area contributed by atoms with Gasteiger partial charge in [-0.2, -0.15) is 0 Å². The predicted octanol–water partition coefficient (Wildman–Crippen LogP) is 7.58. The Hall–Kier alpha value is -2.75. The Morgan fingerprint density at radius 2 is 1.64 bits per heavy atom. The van der Waals surface area contributed by atoms with Crippen molar-refractivity contribution in [3.05, 3.63) is 100 Å². The Morgan fingerprint density at radius 1 is 0.818 bits per heavy atom. The number of ether oxygens (including phenoxy) is 1. The van der Waals surface area contributed by atoms with E-state index < -0.39 is 0 Å². The predicted molar refractivity (Wildman–Crippen MR) is 138 cm³/mol. The molecule has 0 amide bonds. The van der Waals surface area contributed by atoms with Gasteiger partial charge in [0.1, 0.15) is 23.7 Å². The molecule has 33 heavy (non-hydrogen) atoms. The lowest BCUT2D eigenvalue weighted by Crippen LogP contribution is -2.34. The first kappa shape index (κ1) is 22.1. The molecule has 1 fully saturated rings. The smallest absolute Gasteiger partial charge is 0.146 e. The van der Waals surface area contributed by atoms with Gasteiger partial charge in [-0.05, 0) is 66.6 Å². The highest BCUT2D eigenvalue weighted by Crippen LogP contribution is 2.30. The van der Waals surface area contributed by atoms with Crippen LogP contribution in [0.5, 0.6) is 5.75 Å². The van der Waals surface area contributed by atoms with Gasteiger partial charge in [-0.1, -0.05) is 71.7 Å². The molecule has 0 saturated carbocycles. The fraction of sp³-hybridized carbons (Fsp3) is 0.250. The van der Waals surface area contributed by atoms with E-state index in [1.54, 1.807) is 6.07 Å². The molecule has 0 spiro atoms. The van der Waals surface area contributed by atoms with Crippen LogP contribution in [0.15, 0.2) is 78.9 Å². The zero-order valence-electron chi connectivity index (χ0n) is 18.4. The van der Waals surface area contributed by atoms with Gasteiger partial charge < -0.3 is 9.64 Å². The first-order valence-corrected chi connectivity index (χ1v) is 12.2. The molecule has 0 aliphatic carbocycles. The van der Waals surface area contributed by atoms with E-state index in [9.17, 15) is 0 Å². The standard InChI is InChI=1S/C28H26Cl2N2O/c29-24-11-9-22(18-25(24)30)19-33-26-8-4-7-23-10-12-27(31-28(23)26)32-15-13-21(14-16-32)17-20-5-2-1-3-6-20/h1-12,18,21H,13-17,19H2. The molecular weight excluding hydrogens is 451 g/mol. The number of para-hydroxylation sites is 1. The van der Waals surface area contributed by atoms with Crippen LogP contribution in [0, 0.1) is 5.92 Å². The molecule has 0 bridgehead atoms. The lowest BCUT2D eigenvalue weighted by atomic mass is 9.90. The topological polar surface area (TPSA) is 25.4 Å². The van der Waals surface area contributed by atoms with Crippen LogP contribution in [0.1, 0.15) is 24.0 Å². The van der Waals surface area contributed by atoms with Gasteiger partial charge in [-0.3, -0.25) is 0 Å². The van der Waals surface area contributed by atoms with Crippen molar-refractivity contribution in [2.24, 2.45) is 5.92 Å². The Balaban J connectivity index is 1.28. The van der Waals surface area contributed by atoms with Crippen molar-refractivity contribution < 1.29 is 4.74 Å². The summed E-state index contributed by atoms with van der Waals surface area (Å²) < 4.78 is 6.14. The summed E-state index contributed by atoms with van der Waals surface area (Å²) in [6.07, 6.45) is 3.53. The largest absolute Gasteiger partial charge is 0.487 e. The van der Waals surface area contributed by atoms with Gasteiger partial charge in [-0.25, -0.2) is 4.98 Å². The van der Waals surface area contributed by atoms with Crippen molar-refractivity contribution in [3.8, 4) is 5.75 Å². The number of nitrogens with zero attached hydrogens (tertiary/aromatic N) is 2. The van der Waals surface area contributed by atoms with Crippen LogP contribution >= 0.6 is 23.2 Å². The molecule has 1 saturated heterocycles. The zero-order valence-corrected chi connectivity index (χ0v) is 19.9. The van der Waals surface area contributed by atoms with Crippen molar-refractivity contribution >= 4 is 39.9 Å². The summed E-state index contributed by atoms with van der Waals surface area (Å²) in [5.74, 6) is 2.53. The molecule has 168 valence electrons. The fourth-order valence-electron chi connectivity index (χ4n) is 4.51. The maximum atomic E-state index is 6.15. The van der Waals surface area contributed by atoms with Crippen LogP contribution in [0.4, 0.5) is 5.82 Å². The SMILES string of the molecule is Clc1ccc(COc2cccc3ccc(N4CCC(Cc5ccccc5)CC4)nc23)cc1Cl. The van der Waals surface area contributed by atoms with E-state index in [1.807, 2.05) is 24.3 Å². The molecule has 5 heteroatoms. The van der Waals surface area contributed by atoms with Crippen LogP contribution in [-0.2, 0) is 13.0 Å². The molecule has 3 aromatic carbocycles. The number of benzene rings is 3. The number of pyridine rings is 1. The van der Waals surface area contributed by atoms with E-state index in [0.717, 1.165) is 53.5 Å². The molecule has 1 aromatic heterocycles. The van der Waals surface area contributed by atoms with Gasteiger partial charge in [0.05, 0.1) is 10.0 Å². The van der Waals surface area contributed by atoms with Crippen LogP contribution in [-0.4, -0.2) is 18.1 Å². The summed E-state index contributed by atoms with van der Waals surface area (Å²) in [5, 5.41) is 2.15. The van der Waals surface area contributed by atoms with Gasteiger partial charge in [0, 0.05) is 18.5 Å². The summed E-state index contributed by atoms with van der Waals surface area (Å²) >= 11 is 12.2. The third kappa shape index (κ3) is 5.26. The fourth-order valence-corrected chi connectivity index (χ4v) is 4.83. The highest BCUT2D eigenvalue weighted by atomic mass is 35.5. The molecule has 4 aromatic rings. The second kappa shape index (κ2) is 10.0. The Morgan fingerprint density at radius 3 is 2.42 bits per heavy atom. The number of fused-ring (bicyclic) bond motifs is 1. The molecular formula is C28H26Cl2N2O. The average molecular weight is 477 g/mol. The number of hydrogen-bond acceptors (Lipinski definition) is 3. The van der Waals surface area contributed by atoms with Crippen molar-refractivity contribution in [1.82, 2.24) is 4.98 Å². The monoisotopic (exact) mass is 476 g/mol. The number of halogens is 2. The lowest BCUT2D eigenvalue weighted by Gasteiger charge is -2.33. The van der Waals surface area contributed by atoms with Crippen LogP contribution in [0.3, 0.4) is 0 Å². The summed E-state index contributed by atoms with van der Waals surface area (Å²) in [5.41, 5.74) is 3.29. The number of hydrogen-bond donors (Lipinski definition) is 0. The van der Waals surface area contributed by atoms with Crippen molar-refractivity contribution in [1.29, 1.82) is 0 Å². The average Bonchev–Trinajstić information content (AvgIpc) is 2.85. The van der Waals surface area contributed by atoms with Crippen molar-refractivity contribution in [2.45, 2.75) is 25.9 Å². The molecule has 0 N–H and O–H groups in total. The van der Waals surface area contributed by atoms with E-state index >= 15 is 0 Å². The van der Waals surface area contributed by atoms with Crippen molar-refractivity contribution in [2.75, 3.05) is 18.0 Å². The van der Waals surface area contributed by atoms with E-state index in [4.69, 9.17) is 32.9 Å². The van der Waals surface area contributed by atoms with Crippen molar-refractivity contribution in [3.63, 3.8) is 0 Å². The quantitative estimate of drug-likeness (QED) is 0.286. The minimum Gasteiger partial charge on any atom is -0.487 e. The molecule has 1 aliphatic rings. The summed E-state index contributed by atoms with van der Waals surface area (Å²) in [4.78, 5) is 7.41. The lowest BCUT2D eigenvalue weighted by molar-refractivity contribution is 0.309. The second-order valence-corrected chi connectivity index (χ2v) is 9.47. The Labute approximate surface area is 204 Å². The van der Waals surface area contributed by atoms with Gasteiger partial charge in [0.2, 0.25) is 0 Å². The van der Waals surface area contributed by atoms with E-state index in [1.165, 1.54) is 18.4 Å². The maximum absolute atomic E-state index is 6.15. The first-order valence-electron chi connectivity index (χ1n) is 11.4. The second-order valence-electron chi connectivity index (χ2n) is 8.65. The molecule has 1 aliphatic heterocycles. The highest BCUT2D eigenvalue weighted by molar-refractivity contribution is 6.42. The van der Waals surface area contributed by atoms with Gasteiger partial charge in [-0.15, -0.1) is 0 Å². The molecule has 3 nitrogen and oxygen atoms in total. The zero-order chi connectivity index (χ0) is 22.6. The number of aromatic nitrogens is 1.